The summed E-state index contributed by atoms with van der Waals surface area (Å²) in [7, 11) is 0. The van der Waals surface area contributed by atoms with Crippen LogP contribution in [0.1, 0.15) is 11.1 Å². The first-order chi connectivity index (χ1) is 15.2. The van der Waals surface area contributed by atoms with Crippen LogP contribution in [0.5, 0.6) is 5.75 Å². The number of hydrogen-bond acceptors (Lipinski definition) is 3. The molecule has 1 atom stereocenters. The van der Waals surface area contributed by atoms with Gasteiger partial charge in [0.1, 0.15) is 0 Å². The van der Waals surface area contributed by atoms with Gasteiger partial charge in [0.05, 0.1) is 11.3 Å². The van der Waals surface area contributed by atoms with Crippen LogP contribution in [0.15, 0.2) is 95.5 Å². The number of benzene rings is 4. The lowest BCUT2D eigenvalue weighted by atomic mass is 9.61. The molecule has 4 aromatic carbocycles. The highest BCUT2D eigenvalue weighted by molar-refractivity contribution is 9.10. The second-order valence-corrected chi connectivity index (χ2v) is 8.75. The van der Waals surface area contributed by atoms with E-state index in [1.54, 1.807) is 0 Å². The minimum atomic E-state index is -2.21. The topological polar surface area (TPSA) is 38.5 Å². The van der Waals surface area contributed by atoms with Crippen molar-refractivity contribution in [1.82, 2.24) is 0 Å². The molecule has 0 aliphatic carbocycles. The van der Waals surface area contributed by atoms with Gasteiger partial charge >= 0.3 is 12.7 Å². The van der Waals surface area contributed by atoms with Crippen molar-refractivity contribution in [2.75, 3.05) is 6.54 Å². The number of hydrogen-bond donors (Lipinski definition) is 0. The molecule has 0 spiro atoms. The zero-order valence-electron chi connectivity index (χ0n) is 16.5. The summed E-state index contributed by atoms with van der Waals surface area (Å²) in [5.41, 5.74) is 3.77. The molecule has 4 nitrogen and oxygen atoms in total. The lowest BCUT2D eigenvalue weighted by Gasteiger charge is -2.37. The van der Waals surface area contributed by atoms with Gasteiger partial charge in [-0.05, 0) is 34.4 Å². The van der Waals surface area contributed by atoms with E-state index >= 15 is 0 Å². The van der Waals surface area contributed by atoms with Crippen LogP contribution < -0.4 is 10.1 Å². The van der Waals surface area contributed by atoms with E-state index in [1.165, 1.54) is 0 Å². The van der Waals surface area contributed by atoms with Crippen molar-refractivity contribution < 1.29 is 18.6 Å². The Hall–Kier alpha value is -3.38. The van der Waals surface area contributed by atoms with Crippen molar-refractivity contribution >= 4 is 50.5 Å². The Labute approximate surface area is 187 Å². The van der Waals surface area contributed by atoms with Crippen molar-refractivity contribution in [1.29, 1.82) is 0 Å². The molecule has 6 heteroatoms. The van der Waals surface area contributed by atoms with E-state index in [2.05, 4.69) is 46.3 Å². The summed E-state index contributed by atoms with van der Waals surface area (Å²) in [5.74, 6) is 0.417. The summed E-state index contributed by atoms with van der Waals surface area (Å²) in [6.07, 6.45) is 0. The number of carbonyl (C=O) groups excluding carboxylic acids is 1. The first-order valence-electron chi connectivity index (χ1n) is 10.2. The maximum absolute atomic E-state index is 12.7. The van der Waals surface area contributed by atoms with Gasteiger partial charge < -0.3 is 13.8 Å². The van der Waals surface area contributed by atoms with Crippen LogP contribution in [0.3, 0.4) is 0 Å². The van der Waals surface area contributed by atoms with E-state index in [9.17, 15) is 4.79 Å². The predicted octanol–water partition coefficient (Wildman–Crippen LogP) is 4.25. The predicted molar refractivity (Wildman–Crippen MR) is 125 cm³/mol. The smallest absolute Gasteiger partial charge is 0.618 e. The zero-order chi connectivity index (χ0) is 21.0. The summed E-state index contributed by atoms with van der Waals surface area (Å²) in [6, 6.07) is 30.2. The third kappa shape index (κ3) is 2.75. The standard InChI is InChI=1S/C25H17BBrNO3/c27-20-13-11-19(12-14-20)26-28(16-23(29)31-26)25(18-7-2-1-3-8-18)24-21-9-5-4-6-17(21)10-15-22(24)30-26/h1-15H,16H2. The second-order valence-electron chi connectivity index (χ2n) is 7.83. The third-order valence-electron chi connectivity index (χ3n) is 6.04. The molecule has 2 aliphatic heterocycles. The maximum Gasteiger partial charge on any atom is 0.682 e. The first kappa shape index (κ1) is 18.4. The SMILES string of the molecule is O=C1C[N+]2=C(c3ccccc3)c3c(ccc4ccccc34)O[B-]2(c2ccc(Br)cc2)O1. The molecule has 150 valence electrons. The number of halogens is 1. The minimum Gasteiger partial charge on any atom is -0.618 e. The molecule has 0 amide bonds. The van der Waals surface area contributed by atoms with Gasteiger partial charge in [-0.25, -0.2) is 4.79 Å². The minimum absolute atomic E-state index is 0.128. The largest absolute Gasteiger partial charge is 0.682 e. The van der Waals surface area contributed by atoms with E-state index in [1.807, 2.05) is 65.2 Å². The Balaban J connectivity index is 1.74. The molecule has 0 bridgehead atoms. The molecule has 0 radical (unpaired) electrons. The van der Waals surface area contributed by atoms with Gasteiger partial charge in [-0.2, -0.15) is 0 Å². The van der Waals surface area contributed by atoms with Crippen molar-refractivity contribution in [3.63, 3.8) is 0 Å². The van der Waals surface area contributed by atoms with Crippen LogP contribution in [-0.4, -0.2) is 29.4 Å². The lowest BCUT2D eigenvalue weighted by Crippen LogP contribution is -2.64. The highest BCUT2D eigenvalue weighted by Crippen LogP contribution is 2.37. The normalized spacial score (nSPS) is 19.6. The molecule has 31 heavy (non-hydrogen) atoms. The molecular weight excluding hydrogens is 453 g/mol. The number of nitrogens with zero attached hydrogens (tertiary/aromatic N) is 1. The molecule has 1 fully saturated rings. The maximum atomic E-state index is 12.7. The van der Waals surface area contributed by atoms with Gasteiger partial charge in [-0.3, -0.25) is 0 Å². The second kappa shape index (κ2) is 6.82. The summed E-state index contributed by atoms with van der Waals surface area (Å²) in [6.45, 7) is -2.09. The highest BCUT2D eigenvalue weighted by atomic mass is 79.9. The zero-order valence-corrected chi connectivity index (χ0v) is 18.1. The number of rotatable bonds is 2. The summed E-state index contributed by atoms with van der Waals surface area (Å²) in [5, 5.41) is 2.20. The van der Waals surface area contributed by atoms with Crippen LogP contribution >= 0.6 is 15.9 Å². The molecule has 2 aliphatic rings. The molecule has 2 heterocycles. The van der Waals surface area contributed by atoms with Gasteiger partial charge in [0.2, 0.25) is 0 Å². The third-order valence-corrected chi connectivity index (χ3v) is 6.57. The van der Waals surface area contributed by atoms with Crippen molar-refractivity contribution in [3.05, 3.63) is 107 Å². The molecule has 1 unspecified atom stereocenters. The average molecular weight is 470 g/mol. The fourth-order valence-corrected chi connectivity index (χ4v) is 4.98. The molecule has 0 aromatic heterocycles. The van der Waals surface area contributed by atoms with Crippen molar-refractivity contribution in [3.8, 4) is 5.75 Å². The Bertz CT molecular complexity index is 1390. The highest BCUT2D eigenvalue weighted by Gasteiger charge is 2.59. The molecule has 6 rings (SSSR count). The molecule has 1 saturated heterocycles. The first-order valence-corrected chi connectivity index (χ1v) is 11.0. The Morgan fingerprint density at radius 3 is 2.35 bits per heavy atom. The van der Waals surface area contributed by atoms with Crippen LogP contribution in [0.25, 0.3) is 10.8 Å². The summed E-state index contributed by atoms with van der Waals surface area (Å²) < 4.78 is 15.6. The number of fused-ring (bicyclic) bond motifs is 4. The fourth-order valence-electron chi connectivity index (χ4n) is 4.71. The monoisotopic (exact) mass is 469 g/mol. The summed E-state index contributed by atoms with van der Waals surface area (Å²) in [4.78, 5) is 12.7. The molecular formula is C25H17BBrNO3. The quantitative estimate of drug-likeness (QED) is 0.412. The van der Waals surface area contributed by atoms with E-state index in [4.69, 9.17) is 9.31 Å². The van der Waals surface area contributed by atoms with E-state index in [-0.39, 0.29) is 12.5 Å². The van der Waals surface area contributed by atoms with E-state index in [0.717, 1.165) is 37.5 Å². The van der Waals surface area contributed by atoms with Gasteiger partial charge in [-0.15, -0.1) is 0 Å². The Kier molecular flexibility index (Phi) is 4.05. The van der Waals surface area contributed by atoms with E-state index < -0.39 is 6.69 Å². The molecule has 0 N–H and O–H groups in total. The van der Waals surface area contributed by atoms with Crippen molar-refractivity contribution in [2.45, 2.75) is 0 Å². The Morgan fingerprint density at radius 1 is 0.806 bits per heavy atom. The van der Waals surface area contributed by atoms with Gasteiger partial charge in [-0.1, -0.05) is 88.7 Å². The average Bonchev–Trinajstić information content (AvgIpc) is 3.14. The van der Waals surface area contributed by atoms with Crippen LogP contribution in [-0.2, 0) is 9.45 Å². The van der Waals surface area contributed by atoms with E-state index in [0.29, 0.717) is 5.75 Å². The van der Waals surface area contributed by atoms with Crippen molar-refractivity contribution in [2.24, 2.45) is 0 Å². The molecule has 0 saturated carbocycles. The molecule has 4 aromatic rings. The lowest BCUT2D eigenvalue weighted by molar-refractivity contribution is -0.395. The van der Waals surface area contributed by atoms with Gasteiger partial charge in [0, 0.05) is 10.0 Å². The van der Waals surface area contributed by atoms with Crippen LogP contribution in [0.4, 0.5) is 0 Å². The fraction of sp³-hybridized carbons (Fsp3) is 0.0400. The van der Waals surface area contributed by atoms with Crippen LogP contribution in [0, 0.1) is 0 Å². The van der Waals surface area contributed by atoms with Crippen LogP contribution in [0.2, 0.25) is 0 Å². The Morgan fingerprint density at radius 2 is 1.55 bits per heavy atom. The van der Waals surface area contributed by atoms with Gasteiger partial charge in [0.15, 0.2) is 12.3 Å². The van der Waals surface area contributed by atoms with Gasteiger partial charge in [0.25, 0.3) is 0 Å². The summed E-state index contributed by atoms with van der Waals surface area (Å²) >= 11 is 3.49. The number of carbonyl (C=O) groups is 1.